The maximum absolute atomic E-state index is 13.0. The Morgan fingerprint density at radius 1 is 1.17 bits per heavy atom. The van der Waals surface area contributed by atoms with Crippen LogP contribution in [-0.4, -0.2) is 19.1 Å². The quantitative estimate of drug-likeness (QED) is 0.838. The van der Waals surface area contributed by atoms with Gasteiger partial charge in [-0.2, -0.15) is 0 Å². The van der Waals surface area contributed by atoms with Gasteiger partial charge in [0.15, 0.2) is 6.10 Å². The zero-order valence-corrected chi connectivity index (χ0v) is 14.1. The Hall–Kier alpha value is -2.56. The zero-order chi connectivity index (χ0) is 17.5. The van der Waals surface area contributed by atoms with Gasteiger partial charge in [-0.3, -0.25) is 4.79 Å². The van der Waals surface area contributed by atoms with Crippen LogP contribution in [-0.2, 0) is 4.79 Å². The minimum atomic E-state index is -0.611. The fourth-order valence-electron chi connectivity index (χ4n) is 2.30. The smallest absolute Gasteiger partial charge is 0.261 e. The number of rotatable bonds is 7. The van der Waals surface area contributed by atoms with Crippen LogP contribution in [0.2, 0.25) is 0 Å². The van der Waals surface area contributed by atoms with Crippen LogP contribution in [0.15, 0.2) is 48.5 Å². The number of carbonyl (C=O) groups excluding carboxylic acids is 1. The van der Waals surface area contributed by atoms with Crippen LogP contribution in [0.1, 0.15) is 31.9 Å². The second-order valence-corrected chi connectivity index (χ2v) is 5.48. The van der Waals surface area contributed by atoms with Gasteiger partial charge in [-0.05, 0) is 43.2 Å². The maximum atomic E-state index is 13.0. The molecule has 0 bridgehead atoms. The molecule has 2 aromatic rings. The number of ether oxygens (including phenoxy) is 2. The van der Waals surface area contributed by atoms with Crippen LogP contribution in [0, 0.1) is 5.82 Å². The first-order valence-corrected chi connectivity index (χ1v) is 7.90. The van der Waals surface area contributed by atoms with Crippen LogP contribution in [0.3, 0.4) is 0 Å². The lowest BCUT2D eigenvalue weighted by molar-refractivity contribution is -0.128. The van der Waals surface area contributed by atoms with E-state index >= 15 is 0 Å². The van der Waals surface area contributed by atoms with E-state index in [4.69, 9.17) is 9.47 Å². The minimum absolute atomic E-state index is 0.211. The van der Waals surface area contributed by atoms with Crippen molar-refractivity contribution in [1.82, 2.24) is 5.32 Å². The van der Waals surface area contributed by atoms with Gasteiger partial charge in [-0.25, -0.2) is 4.39 Å². The number of amides is 1. The van der Waals surface area contributed by atoms with Crippen LogP contribution in [0.5, 0.6) is 11.5 Å². The summed E-state index contributed by atoms with van der Waals surface area (Å²) < 4.78 is 23.9. The Bertz CT molecular complexity index is 673. The van der Waals surface area contributed by atoms with Crippen molar-refractivity contribution in [3.63, 3.8) is 0 Å². The van der Waals surface area contributed by atoms with E-state index in [1.165, 1.54) is 12.1 Å². The summed E-state index contributed by atoms with van der Waals surface area (Å²) in [4.78, 5) is 12.4. The lowest BCUT2D eigenvalue weighted by Gasteiger charge is -2.21. The third kappa shape index (κ3) is 4.72. The molecular formula is C19H22FNO3. The molecule has 0 aliphatic heterocycles. The summed E-state index contributed by atoms with van der Waals surface area (Å²) in [6.45, 7) is 3.73. The summed E-state index contributed by atoms with van der Waals surface area (Å²) in [6.07, 6.45) is -0.0841. The van der Waals surface area contributed by atoms with Gasteiger partial charge in [0, 0.05) is 6.07 Å². The molecule has 0 aliphatic carbocycles. The number of nitrogens with one attached hydrogen (secondary N) is 1. The van der Waals surface area contributed by atoms with E-state index in [0.717, 1.165) is 5.56 Å². The predicted molar refractivity (Wildman–Crippen MR) is 90.7 cm³/mol. The number of carbonyl (C=O) groups is 1. The summed E-state index contributed by atoms with van der Waals surface area (Å²) >= 11 is 0. The molecule has 0 radical (unpaired) electrons. The highest BCUT2D eigenvalue weighted by atomic mass is 19.1. The molecule has 2 aromatic carbocycles. The van der Waals surface area contributed by atoms with Crippen molar-refractivity contribution in [1.29, 1.82) is 0 Å². The predicted octanol–water partition coefficient (Wildman–Crippen LogP) is 3.87. The third-order valence-corrected chi connectivity index (χ3v) is 3.71. The van der Waals surface area contributed by atoms with Crippen molar-refractivity contribution in [3.8, 4) is 11.5 Å². The van der Waals surface area contributed by atoms with Gasteiger partial charge in [0.05, 0.1) is 13.2 Å². The van der Waals surface area contributed by atoms with Crippen LogP contribution in [0.25, 0.3) is 0 Å². The molecule has 5 heteroatoms. The Morgan fingerprint density at radius 2 is 1.83 bits per heavy atom. The SMILES string of the molecule is CCC(Oc1cccc(OC)c1)C(=O)NC(C)c1ccc(F)cc1. The van der Waals surface area contributed by atoms with Gasteiger partial charge in [-0.15, -0.1) is 0 Å². The lowest BCUT2D eigenvalue weighted by atomic mass is 10.1. The van der Waals surface area contributed by atoms with Crippen molar-refractivity contribution in [2.75, 3.05) is 7.11 Å². The molecular weight excluding hydrogens is 309 g/mol. The van der Waals surface area contributed by atoms with E-state index in [0.29, 0.717) is 17.9 Å². The summed E-state index contributed by atoms with van der Waals surface area (Å²) in [6, 6.07) is 13.0. The van der Waals surface area contributed by atoms with Crippen LogP contribution < -0.4 is 14.8 Å². The lowest BCUT2D eigenvalue weighted by Crippen LogP contribution is -2.39. The molecule has 128 valence electrons. The minimum Gasteiger partial charge on any atom is -0.497 e. The Kier molecular flexibility index (Phi) is 6.18. The fraction of sp³-hybridized carbons (Fsp3) is 0.316. The fourth-order valence-corrected chi connectivity index (χ4v) is 2.30. The monoisotopic (exact) mass is 331 g/mol. The molecule has 24 heavy (non-hydrogen) atoms. The van der Waals surface area contributed by atoms with Gasteiger partial charge >= 0.3 is 0 Å². The van der Waals surface area contributed by atoms with E-state index in [9.17, 15) is 9.18 Å². The van der Waals surface area contributed by atoms with Gasteiger partial charge in [0.25, 0.3) is 5.91 Å². The summed E-state index contributed by atoms with van der Waals surface area (Å²) in [5.74, 6) is 0.732. The number of benzene rings is 2. The van der Waals surface area contributed by atoms with E-state index in [1.54, 1.807) is 37.4 Å². The molecule has 0 saturated carbocycles. The van der Waals surface area contributed by atoms with Crippen molar-refractivity contribution in [3.05, 3.63) is 59.9 Å². The van der Waals surface area contributed by atoms with E-state index in [2.05, 4.69) is 5.32 Å². The highest BCUT2D eigenvalue weighted by molar-refractivity contribution is 5.81. The first-order chi connectivity index (χ1) is 11.5. The van der Waals surface area contributed by atoms with Crippen molar-refractivity contribution in [2.45, 2.75) is 32.4 Å². The second kappa shape index (κ2) is 8.34. The molecule has 4 nitrogen and oxygen atoms in total. The van der Waals surface area contributed by atoms with Crippen LogP contribution >= 0.6 is 0 Å². The van der Waals surface area contributed by atoms with Crippen molar-refractivity contribution < 1.29 is 18.7 Å². The summed E-state index contributed by atoms with van der Waals surface area (Å²) in [5.41, 5.74) is 0.834. The van der Waals surface area contributed by atoms with E-state index in [-0.39, 0.29) is 17.8 Å². The standard InChI is InChI=1S/C19H22FNO3/c1-4-18(24-17-7-5-6-16(12-17)23-3)19(22)21-13(2)14-8-10-15(20)11-9-14/h5-13,18H,4H2,1-3H3,(H,21,22). The number of hydrogen-bond donors (Lipinski definition) is 1. The van der Waals surface area contributed by atoms with Gasteiger partial charge in [-0.1, -0.05) is 25.1 Å². The van der Waals surface area contributed by atoms with Gasteiger partial charge in [0.2, 0.25) is 0 Å². The molecule has 2 atom stereocenters. The number of methoxy groups -OCH3 is 1. The first-order valence-electron chi connectivity index (χ1n) is 7.90. The molecule has 2 rings (SSSR count). The Balaban J connectivity index is 2.01. The Morgan fingerprint density at radius 3 is 2.46 bits per heavy atom. The van der Waals surface area contributed by atoms with Crippen LogP contribution in [0.4, 0.5) is 4.39 Å². The third-order valence-electron chi connectivity index (χ3n) is 3.71. The van der Waals surface area contributed by atoms with Gasteiger partial charge < -0.3 is 14.8 Å². The zero-order valence-electron chi connectivity index (χ0n) is 14.1. The van der Waals surface area contributed by atoms with Crippen molar-refractivity contribution in [2.24, 2.45) is 0 Å². The average molecular weight is 331 g/mol. The first kappa shape index (κ1) is 17.8. The number of hydrogen-bond acceptors (Lipinski definition) is 3. The molecule has 0 aliphatic rings. The molecule has 0 heterocycles. The summed E-state index contributed by atoms with van der Waals surface area (Å²) in [5, 5.41) is 2.90. The largest absolute Gasteiger partial charge is 0.497 e. The highest BCUT2D eigenvalue weighted by Crippen LogP contribution is 2.21. The van der Waals surface area contributed by atoms with E-state index in [1.807, 2.05) is 19.9 Å². The van der Waals surface area contributed by atoms with Crippen molar-refractivity contribution >= 4 is 5.91 Å². The summed E-state index contributed by atoms with van der Waals surface area (Å²) in [7, 11) is 1.58. The van der Waals surface area contributed by atoms with E-state index < -0.39 is 6.10 Å². The molecule has 0 aromatic heterocycles. The molecule has 0 spiro atoms. The molecule has 1 N–H and O–H groups in total. The topological polar surface area (TPSA) is 47.6 Å². The normalized spacial score (nSPS) is 13.0. The Labute approximate surface area is 141 Å². The molecule has 2 unspecified atom stereocenters. The molecule has 0 fully saturated rings. The second-order valence-electron chi connectivity index (χ2n) is 5.48. The molecule has 1 amide bonds. The number of halogens is 1. The molecule has 0 saturated heterocycles. The average Bonchev–Trinajstić information content (AvgIpc) is 2.60. The van der Waals surface area contributed by atoms with Gasteiger partial charge in [0.1, 0.15) is 17.3 Å². The maximum Gasteiger partial charge on any atom is 0.261 e. The highest BCUT2D eigenvalue weighted by Gasteiger charge is 2.21.